The lowest BCUT2D eigenvalue weighted by Crippen LogP contribution is -2.59. The zero-order valence-electron chi connectivity index (χ0n) is 32.0. The summed E-state index contributed by atoms with van der Waals surface area (Å²) in [5, 5.41) is 51.7. The Morgan fingerprint density at radius 3 is 1.67 bits per heavy atom. The molecule has 1 aliphatic rings. The molecule has 8 heteroatoms. The van der Waals surface area contributed by atoms with E-state index in [1.54, 1.807) is 0 Å². The molecule has 8 nitrogen and oxygen atoms in total. The van der Waals surface area contributed by atoms with Crippen LogP contribution in [-0.2, 0) is 9.53 Å². The summed E-state index contributed by atoms with van der Waals surface area (Å²) < 4.78 is 5.66. The average Bonchev–Trinajstić information content (AvgIpc) is 3.10. The van der Waals surface area contributed by atoms with Crippen LogP contribution in [0, 0.1) is 5.92 Å². The molecule has 1 saturated heterocycles. The number of nitrogens with zero attached hydrogens (tertiary/aromatic N) is 1. The zero-order valence-corrected chi connectivity index (χ0v) is 32.0. The minimum Gasteiger partial charge on any atom is -0.394 e. The lowest BCUT2D eigenvalue weighted by Gasteiger charge is -2.41. The molecular weight excluding hydrogens is 618 g/mol. The van der Waals surface area contributed by atoms with Crippen LogP contribution in [-0.4, -0.2) is 92.7 Å². The number of aliphatic hydroxyl groups excluding tert-OH is 5. The minimum absolute atomic E-state index is 0.00752. The minimum atomic E-state index is -1.48. The van der Waals surface area contributed by atoms with Gasteiger partial charge in [0, 0.05) is 25.4 Å². The summed E-state index contributed by atoms with van der Waals surface area (Å²) in [6, 6.07) is 0. The van der Waals surface area contributed by atoms with Gasteiger partial charge in [0.15, 0.2) is 0 Å². The van der Waals surface area contributed by atoms with Crippen LogP contribution in [0.25, 0.3) is 0 Å². The molecule has 0 aliphatic carbocycles. The molecule has 0 aromatic carbocycles. The van der Waals surface area contributed by atoms with Crippen molar-refractivity contribution in [1.82, 2.24) is 4.90 Å². The molecule has 290 valence electrons. The van der Waals surface area contributed by atoms with Crippen molar-refractivity contribution in [1.29, 1.82) is 0 Å². The largest absolute Gasteiger partial charge is 0.394 e. The lowest BCUT2D eigenvalue weighted by molar-refractivity contribution is -0.234. The maximum absolute atomic E-state index is 14.1. The van der Waals surface area contributed by atoms with Crippen molar-refractivity contribution in [2.75, 3.05) is 19.7 Å². The first-order valence-corrected chi connectivity index (χ1v) is 20.7. The van der Waals surface area contributed by atoms with E-state index in [1.807, 2.05) is 4.90 Å². The van der Waals surface area contributed by atoms with E-state index in [0.29, 0.717) is 6.54 Å². The Kier molecular flexibility index (Phi) is 28.7. The summed E-state index contributed by atoms with van der Waals surface area (Å²) >= 11 is 0. The van der Waals surface area contributed by atoms with E-state index in [-0.39, 0.29) is 24.8 Å². The van der Waals surface area contributed by atoms with E-state index >= 15 is 0 Å². The van der Waals surface area contributed by atoms with Crippen molar-refractivity contribution >= 4 is 5.91 Å². The Morgan fingerprint density at radius 2 is 1.10 bits per heavy atom. The fourth-order valence-electron chi connectivity index (χ4n) is 7.08. The molecule has 1 heterocycles. The van der Waals surface area contributed by atoms with E-state index in [9.17, 15) is 30.3 Å². The van der Waals surface area contributed by atoms with E-state index in [1.165, 1.54) is 83.5 Å². The van der Waals surface area contributed by atoms with Gasteiger partial charge in [-0.3, -0.25) is 4.79 Å². The molecule has 1 fully saturated rings. The second-order valence-electron chi connectivity index (χ2n) is 14.9. The second-order valence-corrected chi connectivity index (χ2v) is 14.9. The summed E-state index contributed by atoms with van der Waals surface area (Å²) in [5.74, 6) is 0.0498. The average molecular weight is 698 g/mol. The van der Waals surface area contributed by atoms with Crippen LogP contribution in [0.5, 0.6) is 0 Å². The van der Waals surface area contributed by atoms with Crippen molar-refractivity contribution in [3.8, 4) is 0 Å². The molecule has 49 heavy (non-hydrogen) atoms. The topological polar surface area (TPSA) is 131 Å². The number of carbonyl (C=O) groups excluding carboxylic acids is 1. The number of unbranched alkanes of at least 4 members (excludes halogenated alkanes) is 18. The third-order valence-corrected chi connectivity index (χ3v) is 10.3. The highest BCUT2D eigenvalue weighted by atomic mass is 16.5. The normalized spacial score (nSPS) is 22.5. The maximum atomic E-state index is 14.1. The van der Waals surface area contributed by atoms with E-state index < -0.39 is 43.2 Å². The molecule has 1 amide bonds. The molecule has 3 unspecified atom stereocenters. The van der Waals surface area contributed by atoms with Crippen LogP contribution in [0.3, 0.4) is 0 Å². The van der Waals surface area contributed by atoms with E-state index in [2.05, 4.69) is 32.9 Å². The fraction of sp³-hybridized carbons (Fsp3) is 0.927. The highest BCUT2D eigenvalue weighted by Crippen LogP contribution is 2.26. The van der Waals surface area contributed by atoms with Gasteiger partial charge in [0.05, 0.1) is 18.8 Å². The Morgan fingerprint density at radius 1 is 0.633 bits per heavy atom. The zero-order chi connectivity index (χ0) is 36.1. The Bertz CT molecular complexity index is 794. The number of aliphatic hydroxyl groups is 5. The standard InChI is InChI=1S/C41H79NO7/c1-4-7-10-12-14-16-18-19-20-22-24-26-29-34(28-9-6-3)41(48)42(30-27-25-23-21-17-15-13-11-8-5-2)32-35(44)31-36-38(45)40(47)39(46)37(33-43)49-36/h15,17,34-40,43-47H,4-14,16,18-33H2,1-3H3/t34?,35?,36?,37-,38+,39-,40-/m1/s1. The van der Waals surface area contributed by atoms with Crippen molar-refractivity contribution in [3.05, 3.63) is 12.2 Å². The molecular formula is C41H79NO7. The molecule has 0 aromatic heterocycles. The first-order valence-electron chi connectivity index (χ1n) is 20.7. The predicted molar refractivity (Wildman–Crippen MR) is 201 cm³/mol. The number of ether oxygens (including phenoxy) is 1. The van der Waals surface area contributed by atoms with Crippen LogP contribution in [0.1, 0.15) is 181 Å². The molecule has 5 N–H and O–H groups in total. The maximum Gasteiger partial charge on any atom is 0.225 e. The van der Waals surface area contributed by atoms with Gasteiger partial charge in [-0.1, -0.05) is 142 Å². The first kappa shape index (κ1) is 46.0. The van der Waals surface area contributed by atoms with Gasteiger partial charge in [-0.15, -0.1) is 0 Å². The number of amides is 1. The smallest absolute Gasteiger partial charge is 0.225 e. The van der Waals surface area contributed by atoms with Crippen LogP contribution in [0.2, 0.25) is 0 Å². The highest BCUT2D eigenvalue weighted by Gasteiger charge is 2.44. The van der Waals surface area contributed by atoms with Gasteiger partial charge in [0.25, 0.3) is 0 Å². The predicted octanol–water partition coefficient (Wildman–Crippen LogP) is 8.00. The molecule has 0 bridgehead atoms. The summed E-state index contributed by atoms with van der Waals surface area (Å²) in [5.41, 5.74) is 0. The summed E-state index contributed by atoms with van der Waals surface area (Å²) in [4.78, 5) is 15.9. The molecule has 0 saturated carbocycles. The quantitative estimate of drug-likeness (QED) is 0.0356. The first-order chi connectivity index (χ1) is 23.8. The number of carbonyl (C=O) groups is 1. The number of hydrogen-bond donors (Lipinski definition) is 5. The Hall–Kier alpha value is -1.03. The number of allylic oxidation sites excluding steroid dienone is 2. The third-order valence-electron chi connectivity index (χ3n) is 10.3. The summed E-state index contributed by atoms with van der Waals surface area (Å²) in [6.07, 6.45) is 25.4. The van der Waals surface area contributed by atoms with Crippen molar-refractivity contribution < 1.29 is 35.1 Å². The van der Waals surface area contributed by atoms with Gasteiger partial charge in [-0.25, -0.2) is 0 Å². The van der Waals surface area contributed by atoms with Crippen LogP contribution in [0.15, 0.2) is 12.2 Å². The van der Waals surface area contributed by atoms with E-state index in [0.717, 1.165) is 70.6 Å². The SMILES string of the molecule is CCCCCC=CCCCCCN(CC(O)CC1O[C@H](CO)[C@@H](O)[C@H](O)[C@H]1O)C(=O)C(CCCC)CCCCCCCCCCCCCC. The van der Waals surface area contributed by atoms with Gasteiger partial charge in [-0.05, 0) is 44.9 Å². The third kappa shape index (κ3) is 21.2. The Balaban J connectivity index is 2.71. The number of hydrogen-bond acceptors (Lipinski definition) is 7. The van der Waals surface area contributed by atoms with Crippen molar-refractivity contribution in [3.63, 3.8) is 0 Å². The second kappa shape index (κ2) is 30.6. The molecule has 0 aromatic rings. The van der Waals surface area contributed by atoms with E-state index in [4.69, 9.17) is 4.74 Å². The van der Waals surface area contributed by atoms with Gasteiger partial charge in [0.2, 0.25) is 5.91 Å². The molecule has 0 radical (unpaired) electrons. The molecule has 0 spiro atoms. The van der Waals surface area contributed by atoms with Gasteiger partial charge < -0.3 is 35.2 Å². The van der Waals surface area contributed by atoms with Crippen LogP contribution in [0.4, 0.5) is 0 Å². The summed E-state index contributed by atoms with van der Waals surface area (Å²) in [7, 11) is 0. The number of rotatable bonds is 32. The van der Waals surface area contributed by atoms with Crippen LogP contribution >= 0.6 is 0 Å². The highest BCUT2D eigenvalue weighted by molar-refractivity contribution is 5.78. The van der Waals surface area contributed by atoms with Crippen LogP contribution < -0.4 is 0 Å². The molecule has 1 rings (SSSR count). The Labute approximate surface area is 301 Å². The fourth-order valence-corrected chi connectivity index (χ4v) is 7.08. The van der Waals surface area contributed by atoms with Gasteiger partial charge in [-0.2, -0.15) is 0 Å². The monoisotopic (exact) mass is 698 g/mol. The van der Waals surface area contributed by atoms with Crippen molar-refractivity contribution in [2.24, 2.45) is 5.92 Å². The molecule has 7 atom stereocenters. The lowest BCUT2D eigenvalue weighted by atomic mass is 9.91. The summed E-state index contributed by atoms with van der Waals surface area (Å²) in [6.45, 7) is 6.84. The molecule has 1 aliphatic heterocycles. The van der Waals surface area contributed by atoms with Gasteiger partial charge >= 0.3 is 0 Å². The van der Waals surface area contributed by atoms with Gasteiger partial charge in [0.1, 0.15) is 24.4 Å². The van der Waals surface area contributed by atoms with Crippen molar-refractivity contribution in [2.45, 2.75) is 218 Å².